The van der Waals surface area contributed by atoms with E-state index < -0.39 is 0 Å². The van der Waals surface area contributed by atoms with Gasteiger partial charge in [-0.1, -0.05) is 45.4 Å². The Morgan fingerprint density at radius 2 is 1.63 bits per heavy atom. The van der Waals surface area contributed by atoms with Gasteiger partial charge in [-0.2, -0.15) is 0 Å². The first-order valence-electron chi connectivity index (χ1n) is 11.9. The number of ether oxygens (including phenoxy) is 1. The van der Waals surface area contributed by atoms with Gasteiger partial charge >= 0.3 is 0 Å². The molecule has 1 aliphatic heterocycles. The summed E-state index contributed by atoms with van der Waals surface area (Å²) in [6.45, 7) is 11.5. The van der Waals surface area contributed by atoms with Gasteiger partial charge in [0.1, 0.15) is 12.4 Å². The molecule has 8 heteroatoms. The third kappa shape index (κ3) is 9.89. The van der Waals surface area contributed by atoms with Crippen LogP contribution in [0.4, 0.5) is 0 Å². The first-order chi connectivity index (χ1) is 14.7. The molecule has 1 aromatic rings. The van der Waals surface area contributed by atoms with Crippen LogP contribution in [0.5, 0.6) is 0 Å². The number of aromatic nitrogens is 3. The summed E-state index contributed by atoms with van der Waals surface area (Å²) < 4.78 is 7.42. The summed E-state index contributed by atoms with van der Waals surface area (Å²) in [5.74, 6) is 2.68. The van der Waals surface area contributed by atoms with E-state index >= 15 is 0 Å². The van der Waals surface area contributed by atoms with Crippen LogP contribution in [0.2, 0.25) is 0 Å². The summed E-state index contributed by atoms with van der Waals surface area (Å²) in [6, 6.07) is 0. The molecule has 0 radical (unpaired) electrons. The molecule has 1 aliphatic rings. The van der Waals surface area contributed by atoms with E-state index in [1.807, 2.05) is 18.5 Å². The van der Waals surface area contributed by atoms with E-state index in [9.17, 15) is 0 Å². The van der Waals surface area contributed by atoms with E-state index in [1.54, 1.807) is 0 Å². The van der Waals surface area contributed by atoms with Gasteiger partial charge in [-0.05, 0) is 26.3 Å². The number of rotatable bonds is 14. The highest BCUT2D eigenvalue weighted by molar-refractivity contribution is 5.79. The lowest BCUT2D eigenvalue weighted by molar-refractivity contribution is 0.0376. The Hall–Kier alpha value is -1.67. The zero-order chi connectivity index (χ0) is 21.4. The third-order valence-electron chi connectivity index (χ3n) is 5.68. The largest absolute Gasteiger partial charge is 0.379 e. The highest BCUT2D eigenvalue weighted by Crippen LogP contribution is 2.06. The third-order valence-corrected chi connectivity index (χ3v) is 5.68. The molecule has 1 fully saturated rings. The molecule has 0 unspecified atom stereocenters. The first-order valence-corrected chi connectivity index (χ1v) is 11.9. The Labute approximate surface area is 182 Å². The number of hydrogen-bond acceptors (Lipinski definition) is 5. The summed E-state index contributed by atoms with van der Waals surface area (Å²) in [5.41, 5.74) is 0. The summed E-state index contributed by atoms with van der Waals surface area (Å²) >= 11 is 0. The molecule has 2 N–H and O–H groups in total. The van der Waals surface area contributed by atoms with Gasteiger partial charge in [0, 0.05) is 33.2 Å². The molecular weight excluding hydrogens is 378 g/mol. The SMILES string of the molecule is CCCCCCCCCNC(=NCc1nnc(C)n1C)NCCCN1CCOCC1. The van der Waals surface area contributed by atoms with Crippen LogP contribution < -0.4 is 10.6 Å². The topological polar surface area (TPSA) is 79.6 Å². The molecule has 2 heterocycles. The lowest BCUT2D eigenvalue weighted by atomic mass is 10.1. The predicted molar refractivity (Wildman–Crippen MR) is 123 cm³/mol. The van der Waals surface area contributed by atoms with Gasteiger partial charge in [0.05, 0.1) is 13.2 Å². The van der Waals surface area contributed by atoms with Crippen LogP contribution in [0.25, 0.3) is 0 Å². The number of nitrogens with one attached hydrogen (secondary N) is 2. The van der Waals surface area contributed by atoms with E-state index in [4.69, 9.17) is 9.73 Å². The van der Waals surface area contributed by atoms with Gasteiger partial charge < -0.3 is 19.9 Å². The number of hydrogen-bond donors (Lipinski definition) is 2. The Bertz CT molecular complexity index is 596. The second-order valence-corrected chi connectivity index (χ2v) is 8.17. The number of aliphatic imine (C=N–C) groups is 1. The highest BCUT2D eigenvalue weighted by atomic mass is 16.5. The number of morpholine rings is 1. The number of guanidine groups is 1. The molecule has 0 aliphatic carbocycles. The summed E-state index contributed by atoms with van der Waals surface area (Å²) in [4.78, 5) is 7.22. The van der Waals surface area contributed by atoms with Crippen LogP contribution in [0.1, 0.15) is 69.9 Å². The molecule has 0 amide bonds. The maximum atomic E-state index is 5.42. The molecule has 172 valence electrons. The zero-order valence-electron chi connectivity index (χ0n) is 19.5. The molecule has 2 rings (SSSR count). The molecule has 0 bridgehead atoms. The fourth-order valence-corrected chi connectivity index (χ4v) is 3.54. The van der Waals surface area contributed by atoms with E-state index in [-0.39, 0.29) is 0 Å². The lowest BCUT2D eigenvalue weighted by Gasteiger charge is -2.26. The predicted octanol–water partition coefficient (Wildman–Crippen LogP) is 2.63. The van der Waals surface area contributed by atoms with Crippen LogP contribution >= 0.6 is 0 Å². The van der Waals surface area contributed by atoms with Gasteiger partial charge in [0.25, 0.3) is 0 Å². The van der Waals surface area contributed by atoms with Crippen LogP contribution in [0.15, 0.2) is 4.99 Å². The van der Waals surface area contributed by atoms with Gasteiger partial charge in [0.15, 0.2) is 11.8 Å². The van der Waals surface area contributed by atoms with Crippen molar-refractivity contribution in [3.63, 3.8) is 0 Å². The van der Waals surface area contributed by atoms with Crippen molar-refractivity contribution in [1.29, 1.82) is 0 Å². The molecule has 0 aromatic carbocycles. The van der Waals surface area contributed by atoms with Crippen molar-refractivity contribution >= 4 is 5.96 Å². The molecule has 30 heavy (non-hydrogen) atoms. The Kier molecular flexibility index (Phi) is 12.4. The van der Waals surface area contributed by atoms with Gasteiger partial charge in [-0.25, -0.2) is 4.99 Å². The van der Waals surface area contributed by atoms with Crippen LogP contribution in [0.3, 0.4) is 0 Å². The minimum absolute atomic E-state index is 0.535. The van der Waals surface area contributed by atoms with Crippen molar-refractivity contribution in [1.82, 2.24) is 30.3 Å². The molecule has 1 saturated heterocycles. The number of aryl methyl sites for hydroxylation is 1. The lowest BCUT2D eigenvalue weighted by Crippen LogP contribution is -2.41. The van der Waals surface area contributed by atoms with Gasteiger partial charge in [0.2, 0.25) is 0 Å². The quantitative estimate of drug-likeness (QED) is 0.273. The Balaban J connectivity index is 1.71. The molecule has 0 saturated carbocycles. The standard InChI is InChI=1S/C22H43N7O/c1-4-5-6-7-8-9-10-12-23-22(25-19-21-27-26-20(2)28(21)3)24-13-11-14-29-15-17-30-18-16-29/h4-19H2,1-3H3,(H2,23,24,25). The first kappa shape index (κ1) is 24.6. The van der Waals surface area contributed by atoms with Crippen molar-refractivity contribution in [3.8, 4) is 0 Å². The molecule has 8 nitrogen and oxygen atoms in total. The maximum Gasteiger partial charge on any atom is 0.191 e. The van der Waals surface area contributed by atoms with E-state index in [0.717, 1.165) is 70.0 Å². The van der Waals surface area contributed by atoms with E-state index in [1.165, 1.54) is 44.9 Å². The molecular formula is C22H43N7O. The van der Waals surface area contributed by atoms with E-state index in [0.29, 0.717) is 6.54 Å². The second-order valence-electron chi connectivity index (χ2n) is 8.17. The highest BCUT2D eigenvalue weighted by Gasteiger charge is 2.09. The average molecular weight is 422 g/mol. The minimum atomic E-state index is 0.535. The molecule has 0 atom stereocenters. The second kappa shape index (κ2) is 15.2. The summed E-state index contributed by atoms with van der Waals surface area (Å²) in [6.07, 6.45) is 10.3. The van der Waals surface area contributed by atoms with Crippen molar-refractivity contribution < 1.29 is 4.74 Å². The van der Waals surface area contributed by atoms with Crippen LogP contribution in [0, 0.1) is 6.92 Å². The zero-order valence-corrected chi connectivity index (χ0v) is 19.5. The summed E-state index contributed by atoms with van der Waals surface area (Å²) in [7, 11) is 1.99. The number of nitrogens with zero attached hydrogens (tertiary/aromatic N) is 5. The normalized spacial score (nSPS) is 15.5. The van der Waals surface area contributed by atoms with Gasteiger partial charge in [-0.3, -0.25) is 4.90 Å². The minimum Gasteiger partial charge on any atom is -0.379 e. The van der Waals surface area contributed by atoms with Crippen molar-refractivity contribution in [3.05, 3.63) is 11.6 Å². The number of unbranched alkanes of at least 4 members (excludes halogenated alkanes) is 6. The van der Waals surface area contributed by atoms with Crippen LogP contribution in [-0.2, 0) is 18.3 Å². The maximum absolute atomic E-state index is 5.42. The smallest absolute Gasteiger partial charge is 0.191 e. The van der Waals surface area contributed by atoms with Crippen molar-refractivity contribution in [2.75, 3.05) is 45.9 Å². The molecule has 0 spiro atoms. The average Bonchev–Trinajstić information content (AvgIpc) is 3.09. The molecule has 1 aromatic heterocycles. The Morgan fingerprint density at radius 3 is 2.30 bits per heavy atom. The fourth-order valence-electron chi connectivity index (χ4n) is 3.54. The van der Waals surface area contributed by atoms with Crippen molar-refractivity contribution in [2.24, 2.45) is 12.0 Å². The van der Waals surface area contributed by atoms with Gasteiger partial charge in [-0.15, -0.1) is 10.2 Å². The fraction of sp³-hybridized carbons (Fsp3) is 0.864. The summed E-state index contributed by atoms with van der Waals surface area (Å²) in [5, 5.41) is 15.4. The monoisotopic (exact) mass is 421 g/mol. The van der Waals surface area contributed by atoms with Crippen molar-refractivity contribution in [2.45, 2.75) is 71.8 Å². The van der Waals surface area contributed by atoms with Crippen LogP contribution in [-0.4, -0.2) is 71.6 Å². The Morgan fingerprint density at radius 1 is 0.967 bits per heavy atom. The van der Waals surface area contributed by atoms with E-state index in [2.05, 4.69) is 32.7 Å².